The summed E-state index contributed by atoms with van der Waals surface area (Å²) in [4.78, 5) is 22.3. The van der Waals surface area contributed by atoms with Crippen LogP contribution in [-0.4, -0.2) is 5.91 Å². The van der Waals surface area contributed by atoms with Crippen molar-refractivity contribution < 1.29 is 9.21 Å². The highest BCUT2D eigenvalue weighted by Gasteiger charge is 2.01. The lowest BCUT2D eigenvalue weighted by molar-refractivity contribution is -0.111. The van der Waals surface area contributed by atoms with E-state index < -0.39 is 5.63 Å². The molecule has 1 aromatic carbocycles. The summed E-state index contributed by atoms with van der Waals surface area (Å²) in [7, 11) is 0. The van der Waals surface area contributed by atoms with Crippen molar-refractivity contribution in [2.24, 2.45) is 0 Å². The first-order chi connectivity index (χ1) is 8.19. The Hall–Kier alpha value is -2.07. The monoisotopic (exact) mass is 249 g/mol. The molecule has 1 N–H and O–H groups in total. The lowest BCUT2D eigenvalue weighted by Gasteiger charge is -2.02. The van der Waals surface area contributed by atoms with Crippen molar-refractivity contribution in [2.45, 2.75) is 0 Å². The summed E-state index contributed by atoms with van der Waals surface area (Å²) in [5, 5.41) is 3.37. The van der Waals surface area contributed by atoms with Gasteiger partial charge in [-0.2, -0.15) is 0 Å². The second-order valence-corrected chi connectivity index (χ2v) is 3.54. The fraction of sp³-hybridized carbons (Fsp3) is 0. The fourth-order valence-electron chi connectivity index (χ4n) is 1.38. The van der Waals surface area contributed by atoms with Gasteiger partial charge in [0.05, 0.1) is 0 Å². The van der Waals surface area contributed by atoms with E-state index in [1.807, 2.05) is 0 Å². The number of rotatable bonds is 2. The Morgan fingerprint density at radius 2 is 2.06 bits per heavy atom. The molecule has 1 heterocycles. The minimum absolute atomic E-state index is 0.349. The molecule has 86 valence electrons. The van der Waals surface area contributed by atoms with E-state index in [-0.39, 0.29) is 5.91 Å². The van der Waals surface area contributed by atoms with Crippen LogP contribution in [0.15, 0.2) is 51.2 Å². The van der Waals surface area contributed by atoms with Gasteiger partial charge < -0.3 is 9.73 Å². The van der Waals surface area contributed by atoms with Crippen LogP contribution in [0.1, 0.15) is 0 Å². The molecule has 0 saturated carbocycles. The van der Waals surface area contributed by atoms with Crippen LogP contribution < -0.4 is 10.9 Å². The minimum atomic E-state index is -0.429. The molecule has 2 aromatic rings. The van der Waals surface area contributed by atoms with Gasteiger partial charge in [-0.1, -0.05) is 11.6 Å². The third-order valence-corrected chi connectivity index (χ3v) is 2.23. The number of amides is 1. The molecular weight excluding hydrogens is 242 g/mol. The number of hydrogen-bond donors (Lipinski definition) is 1. The first-order valence-electron chi connectivity index (χ1n) is 4.81. The largest absolute Gasteiger partial charge is 0.423 e. The van der Waals surface area contributed by atoms with Gasteiger partial charge in [-0.05, 0) is 18.2 Å². The quantitative estimate of drug-likeness (QED) is 0.657. The molecule has 1 amide bonds. The summed E-state index contributed by atoms with van der Waals surface area (Å²) >= 11 is 5.28. The molecule has 0 aliphatic rings. The van der Waals surface area contributed by atoms with E-state index in [0.29, 0.717) is 11.3 Å². The lowest BCUT2D eigenvalue weighted by Crippen LogP contribution is -2.07. The highest BCUT2D eigenvalue weighted by atomic mass is 35.5. The molecule has 0 radical (unpaired) electrons. The highest BCUT2D eigenvalue weighted by Crippen LogP contribution is 2.17. The maximum Gasteiger partial charge on any atom is 0.336 e. The molecule has 0 atom stereocenters. The van der Waals surface area contributed by atoms with Crippen LogP contribution in [0.3, 0.4) is 0 Å². The van der Waals surface area contributed by atoms with E-state index in [9.17, 15) is 9.59 Å². The smallest absolute Gasteiger partial charge is 0.336 e. The van der Waals surface area contributed by atoms with Gasteiger partial charge in [0.25, 0.3) is 0 Å². The van der Waals surface area contributed by atoms with Crippen LogP contribution in [0.5, 0.6) is 0 Å². The van der Waals surface area contributed by atoms with Gasteiger partial charge in [-0.3, -0.25) is 4.79 Å². The van der Waals surface area contributed by atoms with Crippen LogP contribution in [0, 0.1) is 0 Å². The normalized spacial score (nSPS) is 10.9. The molecule has 4 nitrogen and oxygen atoms in total. The number of fused-ring (bicyclic) bond motifs is 1. The molecule has 17 heavy (non-hydrogen) atoms. The molecule has 0 spiro atoms. The van der Waals surface area contributed by atoms with E-state index >= 15 is 0 Å². The molecule has 0 saturated heterocycles. The average Bonchev–Trinajstić information content (AvgIpc) is 2.28. The zero-order valence-corrected chi connectivity index (χ0v) is 9.40. The number of nitrogens with one attached hydrogen (secondary N) is 1. The third-order valence-electron chi connectivity index (χ3n) is 2.10. The Morgan fingerprint density at radius 3 is 2.82 bits per heavy atom. The van der Waals surface area contributed by atoms with Crippen molar-refractivity contribution in [3.8, 4) is 0 Å². The molecule has 2 rings (SSSR count). The van der Waals surface area contributed by atoms with Gasteiger partial charge >= 0.3 is 5.63 Å². The van der Waals surface area contributed by atoms with Gasteiger partial charge in [0.2, 0.25) is 5.91 Å². The van der Waals surface area contributed by atoms with Gasteiger partial charge in [-0.15, -0.1) is 0 Å². The summed E-state index contributed by atoms with van der Waals surface area (Å²) in [6, 6.07) is 8.04. The molecule has 0 aliphatic carbocycles. The molecular formula is C12H8ClNO3. The van der Waals surface area contributed by atoms with E-state index in [1.165, 1.54) is 12.1 Å². The molecule has 0 unspecified atom stereocenters. The second kappa shape index (κ2) is 4.84. The number of hydrogen-bond acceptors (Lipinski definition) is 3. The first kappa shape index (κ1) is 11.4. The van der Waals surface area contributed by atoms with Crippen LogP contribution in [0.2, 0.25) is 0 Å². The Kier molecular flexibility index (Phi) is 3.25. The van der Waals surface area contributed by atoms with E-state index in [4.69, 9.17) is 16.0 Å². The Morgan fingerprint density at radius 1 is 1.29 bits per heavy atom. The van der Waals surface area contributed by atoms with E-state index in [2.05, 4.69) is 5.32 Å². The van der Waals surface area contributed by atoms with Crippen molar-refractivity contribution in [1.82, 2.24) is 0 Å². The predicted molar refractivity (Wildman–Crippen MR) is 66.1 cm³/mol. The fourth-order valence-corrected chi connectivity index (χ4v) is 1.49. The molecule has 0 aliphatic heterocycles. The number of carbonyl (C=O) groups is 1. The topological polar surface area (TPSA) is 59.3 Å². The summed E-state index contributed by atoms with van der Waals surface area (Å²) < 4.78 is 4.99. The Balaban J connectivity index is 2.37. The lowest BCUT2D eigenvalue weighted by atomic mass is 10.2. The van der Waals surface area contributed by atoms with Crippen LogP contribution in [0.4, 0.5) is 5.69 Å². The zero-order valence-electron chi connectivity index (χ0n) is 8.64. The number of benzene rings is 1. The van der Waals surface area contributed by atoms with Crippen molar-refractivity contribution in [3.05, 3.63) is 52.4 Å². The molecule has 0 fully saturated rings. The van der Waals surface area contributed by atoms with E-state index in [1.54, 1.807) is 24.3 Å². The Labute approximate surface area is 101 Å². The van der Waals surface area contributed by atoms with Gasteiger partial charge in [0.1, 0.15) is 5.58 Å². The number of carbonyl (C=O) groups excluding carboxylic acids is 1. The van der Waals surface area contributed by atoms with Gasteiger partial charge in [-0.25, -0.2) is 4.79 Å². The van der Waals surface area contributed by atoms with Crippen LogP contribution in [0.25, 0.3) is 11.0 Å². The SMILES string of the molecule is O=C(C=CCl)Nc1ccc2ccc(=O)oc2c1. The molecule has 0 bridgehead atoms. The first-order valence-corrected chi connectivity index (χ1v) is 5.24. The number of halogens is 1. The summed E-state index contributed by atoms with van der Waals surface area (Å²) in [6.45, 7) is 0. The second-order valence-electron chi connectivity index (χ2n) is 3.29. The summed E-state index contributed by atoms with van der Waals surface area (Å²) in [5.41, 5.74) is 1.65. The predicted octanol–water partition coefficient (Wildman–Crippen LogP) is 2.48. The minimum Gasteiger partial charge on any atom is -0.423 e. The van der Waals surface area contributed by atoms with Crippen LogP contribution in [-0.2, 0) is 4.79 Å². The standard InChI is InChI=1S/C12H8ClNO3/c13-6-5-11(15)14-9-3-1-8-2-4-12(16)17-10(8)7-9/h1-7H,(H,14,15). The molecule has 5 heteroatoms. The zero-order chi connectivity index (χ0) is 12.3. The molecule has 1 aromatic heterocycles. The van der Waals surface area contributed by atoms with E-state index in [0.717, 1.165) is 10.9 Å². The van der Waals surface area contributed by atoms with Crippen LogP contribution >= 0.6 is 11.6 Å². The number of anilines is 1. The van der Waals surface area contributed by atoms with Crippen molar-refractivity contribution in [2.75, 3.05) is 5.32 Å². The third kappa shape index (κ3) is 2.73. The Bertz CT molecular complexity index is 645. The van der Waals surface area contributed by atoms with Crippen molar-refractivity contribution in [3.63, 3.8) is 0 Å². The summed E-state index contributed by atoms with van der Waals surface area (Å²) in [6.07, 6.45) is 1.19. The summed E-state index contributed by atoms with van der Waals surface area (Å²) in [5.74, 6) is -0.349. The van der Waals surface area contributed by atoms with Crippen molar-refractivity contribution >= 4 is 34.2 Å². The highest BCUT2D eigenvalue weighted by molar-refractivity contribution is 6.27. The maximum atomic E-state index is 11.2. The van der Waals surface area contributed by atoms with Crippen molar-refractivity contribution in [1.29, 1.82) is 0 Å². The van der Waals surface area contributed by atoms with Gasteiger partial charge in [0, 0.05) is 34.8 Å². The van der Waals surface area contributed by atoms with Gasteiger partial charge in [0.15, 0.2) is 0 Å². The maximum absolute atomic E-state index is 11.2. The average molecular weight is 250 g/mol.